The molecule has 0 radical (unpaired) electrons. The number of hydrogen-bond acceptors (Lipinski definition) is 1. The molecule has 0 saturated heterocycles. The molecule has 2 aromatic carbocycles. The fourth-order valence-corrected chi connectivity index (χ4v) is 2.23. The predicted molar refractivity (Wildman–Crippen MR) is 71.9 cm³/mol. The quantitative estimate of drug-likeness (QED) is 0.597. The Morgan fingerprint density at radius 1 is 0.824 bits per heavy atom. The number of benzene rings is 2. The molecule has 0 aliphatic rings. The second-order valence-corrected chi connectivity index (χ2v) is 4.20. The van der Waals surface area contributed by atoms with Gasteiger partial charge in [0.25, 0.3) is 0 Å². The van der Waals surface area contributed by atoms with Gasteiger partial charge in [0.05, 0.1) is 5.52 Å². The number of hydrogen-bond donors (Lipinski definition) is 0. The van der Waals surface area contributed by atoms with Crippen molar-refractivity contribution in [2.24, 2.45) is 0 Å². The van der Waals surface area contributed by atoms with Crippen LogP contribution in [0, 0.1) is 6.92 Å². The molecule has 1 nitrogen and oxygen atoms in total. The van der Waals surface area contributed by atoms with E-state index in [1.54, 1.807) is 0 Å². The van der Waals surface area contributed by atoms with Gasteiger partial charge < -0.3 is 0 Å². The third-order valence-electron chi connectivity index (χ3n) is 3.03. The van der Waals surface area contributed by atoms with Gasteiger partial charge in [-0.25, -0.2) is 0 Å². The first-order chi connectivity index (χ1) is 8.36. The highest BCUT2D eigenvalue weighted by atomic mass is 14.6. The zero-order chi connectivity index (χ0) is 11.7. The van der Waals surface area contributed by atoms with Crippen molar-refractivity contribution in [1.29, 1.82) is 0 Å². The molecule has 1 heteroatoms. The van der Waals surface area contributed by atoms with Gasteiger partial charge >= 0.3 is 0 Å². The highest BCUT2D eigenvalue weighted by Crippen LogP contribution is 2.30. The lowest BCUT2D eigenvalue weighted by atomic mass is 9.97. The van der Waals surface area contributed by atoms with Crippen LogP contribution in [0.1, 0.15) is 5.56 Å². The Balaban J connectivity index is 2.39. The first-order valence-corrected chi connectivity index (χ1v) is 5.76. The van der Waals surface area contributed by atoms with Crippen molar-refractivity contribution in [3.63, 3.8) is 0 Å². The molecule has 0 N–H and O–H groups in total. The van der Waals surface area contributed by atoms with Crippen molar-refractivity contribution >= 4 is 10.9 Å². The summed E-state index contributed by atoms with van der Waals surface area (Å²) in [6.45, 7) is 2.11. The number of fused-ring (bicyclic) bond motifs is 1. The van der Waals surface area contributed by atoms with E-state index in [-0.39, 0.29) is 0 Å². The first kappa shape index (κ1) is 10.0. The molecule has 1 aromatic heterocycles. The van der Waals surface area contributed by atoms with E-state index in [1.807, 2.05) is 18.3 Å². The van der Waals surface area contributed by atoms with Gasteiger partial charge in [0.15, 0.2) is 0 Å². The Bertz CT molecular complexity index is 657. The van der Waals surface area contributed by atoms with Gasteiger partial charge in [-0.15, -0.1) is 0 Å². The number of rotatable bonds is 1. The topological polar surface area (TPSA) is 12.9 Å². The summed E-state index contributed by atoms with van der Waals surface area (Å²) >= 11 is 0. The van der Waals surface area contributed by atoms with Crippen LogP contribution in [0.15, 0.2) is 60.8 Å². The monoisotopic (exact) mass is 219 g/mol. The van der Waals surface area contributed by atoms with E-state index in [0.29, 0.717) is 0 Å². The van der Waals surface area contributed by atoms with E-state index >= 15 is 0 Å². The summed E-state index contributed by atoms with van der Waals surface area (Å²) in [6, 6.07) is 18.8. The van der Waals surface area contributed by atoms with Crippen molar-refractivity contribution in [2.45, 2.75) is 6.92 Å². The van der Waals surface area contributed by atoms with Crippen molar-refractivity contribution in [3.8, 4) is 11.1 Å². The highest BCUT2D eigenvalue weighted by Gasteiger charge is 2.06. The van der Waals surface area contributed by atoms with E-state index in [0.717, 1.165) is 5.52 Å². The van der Waals surface area contributed by atoms with Crippen molar-refractivity contribution < 1.29 is 0 Å². The molecule has 1 heterocycles. The van der Waals surface area contributed by atoms with Gasteiger partial charge in [-0.3, -0.25) is 4.98 Å². The molecule has 0 amide bonds. The van der Waals surface area contributed by atoms with Crippen LogP contribution in [0.5, 0.6) is 0 Å². The van der Waals surface area contributed by atoms with Crippen LogP contribution in [-0.4, -0.2) is 4.98 Å². The SMILES string of the molecule is Cc1cnc2ccccc2c1-c1ccccc1. The smallest absolute Gasteiger partial charge is 0.0708 e. The molecule has 0 bridgehead atoms. The summed E-state index contributed by atoms with van der Waals surface area (Å²) in [5.74, 6) is 0. The maximum absolute atomic E-state index is 4.47. The summed E-state index contributed by atoms with van der Waals surface area (Å²) in [5, 5.41) is 1.22. The highest BCUT2D eigenvalue weighted by molar-refractivity contribution is 5.95. The van der Waals surface area contributed by atoms with Gasteiger partial charge in [0.1, 0.15) is 0 Å². The molecule has 0 aliphatic carbocycles. The van der Waals surface area contributed by atoms with Crippen molar-refractivity contribution in [2.75, 3.05) is 0 Å². The average molecular weight is 219 g/mol. The third-order valence-corrected chi connectivity index (χ3v) is 3.03. The first-order valence-electron chi connectivity index (χ1n) is 5.76. The van der Waals surface area contributed by atoms with Gasteiger partial charge in [0.2, 0.25) is 0 Å². The fraction of sp³-hybridized carbons (Fsp3) is 0.0625. The second-order valence-electron chi connectivity index (χ2n) is 4.20. The fourth-order valence-electron chi connectivity index (χ4n) is 2.23. The number of aromatic nitrogens is 1. The molecule has 82 valence electrons. The molecule has 0 fully saturated rings. The maximum atomic E-state index is 4.47. The summed E-state index contributed by atoms with van der Waals surface area (Å²) in [5.41, 5.74) is 4.81. The van der Waals surface area contributed by atoms with E-state index in [9.17, 15) is 0 Å². The van der Waals surface area contributed by atoms with E-state index in [1.165, 1.54) is 22.1 Å². The summed E-state index contributed by atoms with van der Waals surface area (Å²) in [6.07, 6.45) is 1.95. The zero-order valence-corrected chi connectivity index (χ0v) is 9.72. The summed E-state index contributed by atoms with van der Waals surface area (Å²) in [4.78, 5) is 4.47. The molecular weight excluding hydrogens is 206 g/mol. The summed E-state index contributed by atoms with van der Waals surface area (Å²) in [7, 11) is 0. The molecule has 0 spiro atoms. The minimum Gasteiger partial charge on any atom is -0.256 e. The van der Waals surface area contributed by atoms with Crippen LogP contribution in [0.25, 0.3) is 22.0 Å². The minimum absolute atomic E-state index is 1.05. The lowest BCUT2D eigenvalue weighted by Gasteiger charge is -2.09. The summed E-state index contributed by atoms with van der Waals surface area (Å²) < 4.78 is 0. The Kier molecular flexibility index (Phi) is 2.37. The van der Waals surface area contributed by atoms with Crippen molar-refractivity contribution in [3.05, 3.63) is 66.4 Å². The molecule has 3 rings (SSSR count). The predicted octanol–water partition coefficient (Wildman–Crippen LogP) is 4.21. The van der Waals surface area contributed by atoms with Crippen molar-refractivity contribution in [1.82, 2.24) is 4.98 Å². The number of pyridine rings is 1. The molecule has 17 heavy (non-hydrogen) atoms. The Morgan fingerprint density at radius 3 is 2.35 bits per heavy atom. The van der Waals surface area contributed by atoms with E-state index < -0.39 is 0 Å². The largest absolute Gasteiger partial charge is 0.256 e. The van der Waals surface area contributed by atoms with Crippen LogP contribution in [0.4, 0.5) is 0 Å². The molecule has 3 aromatic rings. The molecule has 0 unspecified atom stereocenters. The van der Waals surface area contributed by atoms with E-state index in [2.05, 4.69) is 54.4 Å². The maximum Gasteiger partial charge on any atom is 0.0708 e. The standard InChI is InChI=1S/C16H13N/c1-12-11-17-15-10-6-5-9-14(15)16(12)13-7-3-2-4-8-13/h2-11H,1H3. The van der Waals surface area contributed by atoms with Crippen LogP contribution in [0.3, 0.4) is 0 Å². The molecular formula is C16H13N. The van der Waals surface area contributed by atoms with Gasteiger partial charge in [-0.05, 0) is 29.7 Å². The molecule has 0 aliphatic heterocycles. The Labute approximate surface area is 101 Å². The minimum atomic E-state index is 1.05. The van der Waals surface area contributed by atoms with Gasteiger partial charge in [0, 0.05) is 11.6 Å². The average Bonchev–Trinajstić information content (AvgIpc) is 2.39. The van der Waals surface area contributed by atoms with E-state index in [4.69, 9.17) is 0 Å². The van der Waals surface area contributed by atoms with Gasteiger partial charge in [-0.2, -0.15) is 0 Å². The Hall–Kier alpha value is -2.15. The molecule has 0 saturated carbocycles. The van der Waals surface area contributed by atoms with Crippen LogP contribution in [0.2, 0.25) is 0 Å². The van der Waals surface area contributed by atoms with Crippen LogP contribution < -0.4 is 0 Å². The molecule has 0 atom stereocenters. The van der Waals surface area contributed by atoms with Gasteiger partial charge in [-0.1, -0.05) is 48.5 Å². The normalized spacial score (nSPS) is 10.6. The lowest BCUT2D eigenvalue weighted by molar-refractivity contribution is 1.33. The number of nitrogens with zero attached hydrogens (tertiary/aromatic N) is 1. The number of aryl methyl sites for hydroxylation is 1. The lowest BCUT2D eigenvalue weighted by Crippen LogP contribution is -1.88. The third kappa shape index (κ3) is 1.70. The van der Waals surface area contributed by atoms with Crippen LogP contribution >= 0.6 is 0 Å². The Morgan fingerprint density at radius 2 is 1.53 bits per heavy atom. The second kappa shape index (κ2) is 4.02. The van der Waals surface area contributed by atoms with Crippen LogP contribution in [-0.2, 0) is 0 Å². The number of para-hydroxylation sites is 1. The zero-order valence-electron chi connectivity index (χ0n) is 9.72.